The maximum Gasteiger partial charge on any atom is 0.0975 e. The van der Waals surface area contributed by atoms with Crippen LogP contribution in [-0.4, -0.2) is 24.0 Å². The van der Waals surface area contributed by atoms with E-state index in [4.69, 9.17) is 10.5 Å². The smallest absolute Gasteiger partial charge is 0.0975 e. The lowest BCUT2D eigenvalue weighted by atomic mass is 10.1. The van der Waals surface area contributed by atoms with E-state index in [1.165, 1.54) is 0 Å². The van der Waals surface area contributed by atoms with E-state index in [0.717, 1.165) is 6.42 Å². The number of hydrogen-bond donors (Lipinski definition) is 0. The number of hydrogen-bond acceptors (Lipinski definition) is 3. The van der Waals surface area contributed by atoms with Crippen molar-refractivity contribution in [3.63, 3.8) is 0 Å². The van der Waals surface area contributed by atoms with Crippen LogP contribution in [0.5, 0.6) is 0 Å². The molecule has 66 valence electrons. The lowest BCUT2D eigenvalue weighted by molar-refractivity contribution is 0.218. The number of nitrogens with zero attached hydrogens (tertiary/aromatic N) is 3. The summed E-state index contributed by atoms with van der Waals surface area (Å²) in [5, 5.41) is 17.2. The predicted octanol–water partition coefficient (Wildman–Crippen LogP) is 1.52. The third-order valence-electron chi connectivity index (χ3n) is 2.11. The Labute approximate surface area is 74.2 Å². The van der Waals surface area contributed by atoms with Crippen LogP contribution in [0.3, 0.4) is 0 Å². The van der Waals surface area contributed by atoms with E-state index in [2.05, 4.69) is 12.1 Å². The topological polar surface area (TPSA) is 50.8 Å². The van der Waals surface area contributed by atoms with Crippen LogP contribution < -0.4 is 0 Å². The summed E-state index contributed by atoms with van der Waals surface area (Å²) in [5.41, 5.74) is 0. The summed E-state index contributed by atoms with van der Waals surface area (Å²) in [6, 6.07) is 4.41. The Bertz CT molecular complexity index is 199. The van der Waals surface area contributed by atoms with Crippen LogP contribution in [0.1, 0.15) is 26.7 Å². The molecule has 0 aliphatic heterocycles. The van der Waals surface area contributed by atoms with E-state index in [-0.39, 0.29) is 12.1 Å². The van der Waals surface area contributed by atoms with Crippen LogP contribution >= 0.6 is 0 Å². The van der Waals surface area contributed by atoms with Gasteiger partial charge in [0, 0.05) is 6.04 Å². The molecule has 0 aliphatic carbocycles. The zero-order valence-corrected chi connectivity index (χ0v) is 7.91. The molecule has 0 aromatic heterocycles. The Kier molecular flexibility index (Phi) is 5.08. The minimum atomic E-state index is -0.0617. The van der Waals surface area contributed by atoms with Gasteiger partial charge in [-0.2, -0.15) is 10.5 Å². The molecule has 12 heavy (non-hydrogen) atoms. The van der Waals surface area contributed by atoms with Gasteiger partial charge in [-0.1, -0.05) is 6.92 Å². The first-order chi connectivity index (χ1) is 5.67. The molecule has 0 saturated heterocycles. The van der Waals surface area contributed by atoms with Crippen LogP contribution in [-0.2, 0) is 0 Å². The Balaban J connectivity index is 4.09. The van der Waals surface area contributed by atoms with Crippen molar-refractivity contribution in [1.82, 2.24) is 4.90 Å². The molecule has 3 nitrogen and oxygen atoms in total. The van der Waals surface area contributed by atoms with Crippen molar-refractivity contribution < 1.29 is 0 Å². The van der Waals surface area contributed by atoms with E-state index in [9.17, 15) is 0 Å². The second-order valence-electron chi connectivity index (χ2n) is 2.93. The summed E-state index contributed by atoms with van der Waals surface area (Å²) in [7, 11) is 1.89. The molecule has 0 saturated carbocycles. The van der Waals surface area contributed by atoms with Crippen LogP contribution in [0.4, 0.5) is 0 Å². The van der Waals surface area contributed by atoms with Crippen molar-refractivity contribution in [3.8, 4) is 12.1 Å². The molecule has 0 aliphatic rings. The lowest BCUT2D eigenvalue weighted by Gasteiger charge is -2.26. The summed E-state index contributed by atoms with van der Waals surface area (Å²) < 4.78 is 0. The second-order valence-corrected chi connectivity index (χ2v) is 2.93. The van der Waals surface area contributed by atoms with Crippen molar-refractivity contribution in [2.24, 2.45) is 0 Å². The molecular weight excluding hydrogens is 150 g/mol. The van der Waals surface area contributed by atoms with Gasteiger partial charge in [-0.05, 0) is 20.4 Å². The zero-order valence-electron chi connectivity index (χ0n) is 7.91. The second kappa shape index (κ2) is 5.57. The van der Waals surface area contributed by atoms with E-state index in [1.54, 1.807) is 0 Å². The normalized spacial score (nSPS) is 14.8. The fourth-order valence-electron chi connectivity index (χ4n) is 1.05. The minimum absolute atomic E-state index is 0.0617. The van der Waals surface area contributed by atoms with Gasteiger partial charge in [0.15, 0.2) is 0 Å². The molecule has 0 spiro atoms. The Hall–Kier alpha value is -1.06. The largest absolute Gasteiger partial charge is 0.287 e. The molecule has 2 unspecified atom stereocenters. The fourth-order valence-corrected chi connectivity index (χ4v) is 1.05. The monoisotopic (exact) mass is 165 g/mol. The molecule has 3 heteroatoms. The van der Waals surface area contributed by atoms with Gasteiger partial charge in [0.1, 0.15) is 0 Å². The summed E-state index contributed by atoms with van der Waals surface area (Å²) in [4.78, 5) is 1.95. The van der Waals surface area contributed by atoms with Gasteiger partial charge in [-0.15, -0.1) is 0 Å². The highest BCUT2D eigenvalue weighted by Crippen LogP contribution is 2.07. The lowest BCUT2D eigenvalue weighted by Crippen LogP contribution is -2.37. The van der Waals surface area contributed by atoms with Gasteiger partial charge >= 0.3 is 0 Å². The summed E-state index contributed by atoms with van der Waals surface area (Å²) in [5.74, 6) is 0. The van der Waals surface area contributed by atoms with Gasteiger partial charge in [0.2, 0.25) is 0 Å². The van der Waals surface area contributed by atoms with Gasteiger partial charge in [-0.25, -0.2) is 0 Å². The average Bonchev–Trinajstić information content (AvgIpc) is 2.07. The van der Waals surface area contributed by atoms with Crippen LogP contribution in [0, 0.1) is 22.7 Å². The molecule has 0 bridgehead atoms. The van der Waals surface area contributed by atoms with Gasteiger partial charge in [0.25, 0.3) is 0 Å². The van der Waals surface area contributed by atoms with Crippen molar-refractivity contribution >= 4 is 0 Å². The third-order valence-corrected chi connectivity index (χ3v) is 2.11. The zero-order chi connectivity index (χ0) is 9.56. The highest BCUT2D eigenvalue weighted by molar-refractivity contribution is 4.92. The molecule has 2 atom stereocenters. The summed E-state index contributed by atoms with van der Waals surface area (Å²) in [6.45, 7) is 3.94. The first-order valence-electron chi connectivity index (χ1n) is 4.15. The summed E-state index contributed by atoms with van der Waals surface area (Å²) in [6.07, 6.45) is 1.29. The van der Waals surface area contributed by atoms with E-state index in [0.29, 0.717) is 6.42 Å². The van der Waals surface area contributed by atoms with Crippen molar-refractivity contribution in [3.05, 3.63) is 0 Å². The average molecular weight is 165 g/mol. The predicted molar refractivity (Wildman–Crippen MR) is 47.1 cm³/mol. The van der Waals surface area contributed by atoms with Crippen LogP contribution in [0.25, 0.3) is 0 Å². The van der Waals surface area contributed by atoms with Crippen LogP contribution in [0.2, 0.25) is 0 Å². The fraction of sp³-hybridized carbons (Fsp3) is 0.778. The standard InChI is InChI=1S/C9H15N3/c1-4-9(7-11)12(3)8(2)5-6-10/h8-9H,4-5H2,1-3H3. The summed E-state index contributed by atoms with van der Waals surface area (Å²) >= 11 is 0. The van der Waals surface area contributed by atoms with E-state index < -0.39 is 0 Å². The number of nitriles is 2. The molecule has 0 N–H and O–H groups in total. The Morgan fingerprint density at radius 1 is 1.42 bits per heavy atom. The van der Waals surface area contributed by atoms with E-state index >= 15 is 0 Å². The van der Waals surface area contributed by atoms with Gasteiger partial charge in [0.05, 0.1) is 24.6 Å². The number of rotatable bonds is 4. The van der Waals surface area contributed by atoms with Crippen molar-refractivity contribution in [1.29, 1.82) is 10.5 Å². The van der Waals surface area contributed by atoms with Crippen molar-refractivity contribution in [2.75, 3.05) is 7.05 Å². The molecule has 0 amide bonds. The molecule has 0 heterocycles. The first-order valence-corrected chi connectivity index (χ1v) is 4.15. The highest BCUT2D eigenvalue weighted by atomic mass is 15.1. The molecule has 0 radical (unpaired) electrons. The molecule has 0 aromatic rings. The van der Waals surface area contributed by atoms with Crippen LogP contribution in [0.15, 0.2) is 0 Å². The SMILES string of the molecule is CCC(C#N)N(C)C(C)CC#N. The Morgan fingerprint density at radius 3 is 2.33 bits per heavy atom. The molecule has 0 rings (SSSR count). The molecular formula is C9H15N3. The maximum absolute atomic E-state index is 8.74. The first kappa shape index (κ1) is 10.9. The highest BCUT2D eigenvalue weighted by Gasteiger charge is 2.16. The van der Waals surface area contributed by atoms with Gasteiger partial charge < -0.3 is 0 Å². The van der Waals surface area contributed by atoms with E-state index in [1.807, 2.05) is 25.8 Å². The molecule has 0 aromatic carbocycles. The third kappa shape index (κ3) is 2.90. The Morgan fingerprint density at radius 2 is 2.00 bits per heavy atom. The molecule has 0 fully saturated rings. The van der Waals surface area contributed by atoms with Crippen molar-refractivity contribution in [2.45, 2.75) is 38.8 Å². The quantitative estimate of drug-likeness (QED) is 0.634. The maximum atomic E-state index is 8.74. The van der Waals surface area contributed by atoms with Gasteiger partial charge in [-0.3, -0.25) is 4.90 Å². The minimum Gasteiger partial charge on any atom is -0.287 e.